The molecule has 1 aromatic carbocycles. The second-order valence-electron chi connectivity index (χ2n) is 5.84. The molecule has 0 radical (unpaired) electrons. The molecule has 2 rings (SSSR count). The zero-order chi connectivity index (χ0) is 17.0. The summed E-state index contributed by atoms with van der Waals surface area (Å²) in [6.45, 7) is 2.14. The number of benzene rings is 1. The first-order chi connectivity index (χ1) is 10.9. The number of nitrogens with one attached hydrogen (secondary N) is 1. The number of aromatic hydroxyl groups is 1. The highest BCUT2D eigenvalue weighted by atomic mass is 127. The monoisotopic (exact) mass is 536 g/mol. The van der Waals surface area contributed by atoms with Gasteiger partial charge in [-0.1, -0.05) is 19.8 Å². The van der Waals surface area contributed by atoms with E-state index in [2.05, 4.69) is 12.2 Å². The summed E-state index contributed by atoms with van der Waals surface area (Å²) in [4.78, 5) is 12.4. The number of halogens is 2. The van der Waals surface area contributed by atoms with Crippen LogP contribution in [0.25, 0.3) is 6.08 Å². The second-order valence-corrected chi connectivity index (χ2v) is 8.17. The third kappa shape index (κ3) is 4.83. The lowest BCUT2D eigenvalue weighted by molar-refractivity contribution is -0.118. The number of rotatable bonds is 3. The number of amides is 1. The topological polar surface area (TPSA) is 73.1 Å². The maximum absolute atomic E-state index is 12.4. The molecule has 2 atom stereocenters. The molecule has 0 heterocycles. The summed E-state index contributed by atoms with van der Waals surface area (Å²) in [6, 6.07) is 5.65. The Balaban J connectivity index is 2.18. The van der Waals surface area contributed by atoms with Gasteiger partial charge in [0.25, 0.3) is 5.91 Å². The highest BCUT2D eigenvalue weighted by molar-refractivity contribution is 14.1. The Morgan fingerprint density at radius 2 is 1.96 bits per heavy atom. The van der Waals surface area contributed by atoms with Crippen molar-refractivity contribution in [2.75, 3.05) is 0 Å². The first kappa shape index (κ1) is 18.5. The number of hydrogen-bond donors (Lipinski definition) is 2. The van der Waals surface area contributed by atoms with Gasteiger partial charge >= 0.3 is 0 Å². The molecule has 2 N–H and O–H groups in total. The molecule has 1 fully saturated rings. The largest absolute Gasteiger partial charge is 0.506 e. The van der Waals surface area contributed by atoms with Crippen LogP contribution >= 0.6 is 45.2 Å². The lowest BCUT2D eigenvalue weighted by Crippen LogP contribution is -2.41. The third-order valence-electron chi connectivity index (χ3n) is 4.14. The van der Waals surface area contributed by atoms with E-state index in [1.54, 1.807) is 18.2 Å². The van der Waals surface area contributed by atoms with Crippen molar-refractivity contribution in [3.05, 3.63) is 30.4 Å². The van der Waals surface area contributed by atoms with Gasteiger partial charge in [0.15, 0.2) is 0 Å². The number of phenols is 1. The summed E-state index contributed by atoms with van der Waals surface area (Å²) in [7, 11) is 0. The Bertz CT molecular complexity index is 657. The smallest absolute Gasteiger partial charge is 0.262 e. The molecule has 0 saturated heterocycles. The van der Waals surface area contributed by atoms with Gasteiger partial charge in [0, 0.05) is 6.04 Å². The zero-order valence-electron chi connectivity index (χ0n) is 12.8. The van der Waals surface area contributed by atoms with Crippen LogP contribution in [0.3, 0.4) is 0 Å². The number of carbonyl (C=O) groups is 1. The Labute approximate surface area is 163 Å². The molecule has 0 spiro atoms. The summed E-state index contributed by atoms with van der Waals surface area (Å²) < 4.78 is 1.39. The second kappa shape index (κ2) is 8.33. The minimum atomic E-state index is -0.315. The van der Waals surface area contributed by atoms with Crippen molar-refractivity contribution >= 4 is 57.2 Å². The Kier molecular flexibility index (Phi) is 6.71. The summed E-state index contributed by atoms with van der Waals surface area (Å²) >= 11 is 4.06. The van der Waals surface area contributed by atoms with E-state index in [1.165, 1.54) is 6.42 Å². The average Bonchev–Trinajstić information content (AvgIpc) is 2.52. The van der Waals surface area contributed by atoms with Gasteiger partial charge in [0.1, 0.15) is 17.4 Å². The number of phenolic OH excluding ortho intramolecular Hbond substituents is 1. The van der Waals surface area contributed by atoms with Gasteiger partial charge in [-0.25, -0.2) is 0 Å². The van der Waals surface area contributed by atoms with Crippen molar-refractivity contribution in [1.29, 1.82) is 5.26 Å². The molecule has 0 aliphatic heterocycles. The fraction of sp³-hybridized carbons (Fsp3) is 0.412. The van der Waals surface area contributed by atoms with E-state index < -0.39 is 0 Å². The van der Waals surface area contributed by atoms with Gasteiger partial charge in [-0.2, -0.15) is 5.26 Å². The van der Waals surface area contributed by atoms with Gasteiger partial charge in [-0.05, 0) is 87.7 Å². The highest BCUT2D eigenvalue weighted by Crippen LogP contribution is 2.28. The van der Waals surface area contributed by atoms with E-state index in [-0.39, 0.29) is 23.3 Å². The number of carbonyl (C=O) groups excluding carboxylic acids is 1. The van der Waals surface area contributed by atoms with Gasteiger partial charge in [-0.15, -0.1) is 0 Å². The summed E-state index contributed by atoms with van der Waals surface area (Å²) in [5.41, 5.74) is 0.833. The molecule has 1 aromatic rings. The normalized spacial score (nSPS) is 21.6. The number of hydrogen-bond acceptors (Lipinski definition) is 3. The maximum Gasteiger partial charge on any atom is 0.262 e. The van der Waals surface area contributed by atoms with Crippen LogP contribution in [-0.2, 0) is 4.79 Å². The van der Waals surface area contributed by atoms with Crippen molar-refractivity contribution in [2.24, 2.45) is 5.92 Å². The molecule has 1 saturated carbocycles. The van der Waals surface area contributed by atoms with E-state index in [1.807, 2.05) is 51.3 Å². The number of nitrogens with zero attached hydrogens (tertiary/aromatic N) is 1. The van der Waals surface area contributed by atoms with Crippen molar-refractivity contribution in [2.45, 2.75) is 38.6 Å². The molecule has 23 heavy (non-hydrogen) atoms. The van der Waals surface area contributed by atoms with Crippen LogP contribution in [0, 0.1) is 24.4 Å². The van der Waals surface area contributed by atoms with Crippen LogP contribution in [0.4, 0.5) is 0 Å². The van der Waals surface area contributed by atoms with Crippen LogP contribution in [0.1, 0.15) is 38.2 Å². The fourth-order valence-electron chi connectivity index (χ4n) is 2.76. The predicted molar refractivity (Wildman–Crippen MR) is 107 cm³/mol. The van der Waals surface area contributed by atoms with Crippen LogP contribution < -0.4 is 5.32 Å². The van der Waals surface area contributed by atoms with Crippen molar-refractivity contribution in [1.82, 2.24) is 5.32 Å². The van der Waals surface area contributed by atoms with Crippen LogP contribution in [-0.4, -0.2) is 17.1 Å². The van der Waals surface area contributed by atoms with Gasteiger partial charge in [0.05, 0.1) is 7.14 Å². The Hall–Kier alpha value is -0.820. The zero-order valence-corrected chi connectivity index (χ0v) is 17.1. The van der Waals surface area contributed by atoms with Crippen LogP contribution in [0.15, 0.2) is 17.7 Å². The quantitative estimate of drug-likeness (QED) is 0.346. The average molecular weight is 536 g/mol. The molecule has 1 aliphatic carbocycles. The minimum Gasteiger partial charge on any atom is -0.506 e. The Morgan fingerprint density at radius 1 is 1.35 bits per heavy atom. The van der Waals surface area contributed by atoms with Crippen LogP contribution in [0.2, 0.25) is 0 Å². The first-order valence-corrected chi connectivity index (χ1v) is 9.68. The number of nitriles is 1. The molecule has 1 aliphatic rings. The lowest BCUT2D eigenvalue weighted by Gasteiger charge is -2.29. The molecule has 1 amide bonds. The lowest BCUT2D eigenvalue weighted by atomic mass is 9.86. The summed E-state index contributed by atoms with van der Waals surface area (Å²) in [6.07, 6.45) is 5.99. The fourth-order valence-corrected chi connectivity index (χ4v) is 4.58. The summed E-state index contributed by atoms with van der Waals surface area (Å²) in [5, 5.41) is 22.1. The third-order valence-corrected chi connectivity index (χ3v) is 5.79. The van der Waals surface area contributed by atoms with E-state index in [9.17, 15) is 15.2 Å². The van der Waals surface area contributed by atoms with E-state index in [0.29, 0.717) is 13.1 Å². The molecule has 0 aromatic heterocycles. The van der Waals surface area contributed by atoms with E-state index in [0.717, 1.165) is 24.8 Å². The van der Waals surface area contributed by atoms with E-state index >= 15 is 0 Å². The van der Waals surface area contributed by atoms with Gasteiger partial charge in [0.2, 0.25) is 0 Å². The van der Waals surface area contributed by atoms with Crippen molar-refractivity contribution < 1.29 is 9.90 Å². The van der Waals surface area contributed by atoms with E-state index in [4.69, 9.17) is 0 Å². The molecule has 4 nitrogen and oxygen atoms in total. The molecule has 122 valence electrons. The van der Waals surface area contributed by atoms with Crippen LogP contribution in [0.5, 0.6) is 5.75 Å². The maximum atomic E-state index is 12.4. The molecule has 6 heteroatoms. The van der Waals surface area contributed by atoms with Crippen molar-refractivity contribution in [3.63, 3.8) is 0 Å². The molecule has 0 bridgehead atoms. The Morgan fingerprint density at radius 3 is 2.52 bits per heavy atom. The van der Waals surface area contributed by atoms with Gasteiger partial charge < -0.3 is 10.4 Å². The standard InChI is InChI=1S/C17H18I2N2O2/c1-10-4-2-3-5-15(10)21-17(23)12(9-20)6-11-7-13(18)16(22)14(19)8-11/h6-8,10,15,22H,2-5H2,1H3,(H,21,23)/b12-6+/t10-,15+/m1/s1. The van der Waals surface area contributed by atoms with Gasteiger partial charge in [-0.3, -0.25) is 4.79 Å². The predicted octanol–water partition coefficient (Wildman–Crippen LogP) is 4.20. The molecular weight excluding hydrogens is 518 g/mol. The minimum absolute atomic E-state index is 0.0973. The first-order valence-electron chi connectivity index (χ1n) is 7.53. The molecule has 0 unspecified atom stereocenters. The summed E-state index contributed by atoms with van der Waals surface area (Å²) in [5.74, 6) is 0.356. The molecular formula is C17H18I2N2O2. The SMILES string of the molecule is C[C@@H]1CCCC[C@@H]1NC(=O)/C(C#N)=C/c1cc(I)c(O)c(I)c1. The van der Waals surface area contributed by atoms with Crippen molar-refractivity contribution in [3.8, 4) is 11.8 Å². The highest BCUT2D eigenvalue weighted by Gasteiger charge is 2.24.